The molecule has 0 aliphatic heterocycles. The predicted molar refractivity (Wildman–Crippen MR) is 79.5 cm³/mol. The molecule has 0 unspecified atom stereocenters. The van der Waals surface area contributed by atoms with Crippen molar-refractivity contribution >= 4 is 5.91 Å². The van der Waals surface area contributed by atoms with Crippen LogP contribution >= 0.6 is 0 Å². The van der Waals surface area contributed by atoms with Gasteiger partial charge in [0, 0.05) is 25.6 Å². The fourth-order valence-corrected chi connectivity index (χ4v) is 1.92. The molecule has 4 heteroatoms. The van der Waals surface area contributed by atoms with Gasteiger partial charge in [0.25, 0.3) is 5.91 Å². The average molecular weight is 283 g/mol. The number of amides is 1. The quantitative estimate of drug-likeness (QED) is 0.876. The van der Waals surface area contributed by atoms with Crippen molar-refractivity contribution in [2.45, 2.75) is 13.0 Å². The molecule has 1 aromatic carbocycles. The van der Waals surface area contributed by atoms with Gasteiger partial charge < -0.3 is 14.4 Å². The van der Waals surface area contributed by atoms with Crippen molar-refractivity contribution < 1.29 is 14.3 Å². The van der Waals surface area contributed by atoms with Crippen LogP contribution in [0.4, 0.5) is 0 Å². The summed E-state index contributed by atoms with van der Waals surface area (Å²) in [5, 5.41) is 8.72. The van der Waals surface area contributed by atoms with E-state index in [4.69, 9.17) is 9.52 Å². The molecule has 0 aliphatic carbocycles. The summed E-state index contributed by atoms with van der Waals surface area (Å²) in [5.74, 6) is 5.79. The monoisotopic (exact) mass is 283 g/mol. The lowest BCUT2D eigenvalue weighted by molar-refractivity contribution is 0.0784. The highest BCUT2D eigenvalue weighted by Gasteiger charge is 2.12. The fraction of sp³-hybridized carbons (Fsp3) is 0.235. The van der Waals surface area contributed by atoms with Gasteiger partial charge in [0.1, 0.15) is 6.26 Å². The summed E-state index contributed by atoms with van der Waals surface area (Å²) < 4.78 is 4.92. The number of furan rings is 1. The molecule has 21 heavy (non-hydrogen) atoms. The molecule has 0 atom stereocenters. The van der Waals surface area contributed by atoms with Gasteiger partial charge in [-0.15, -0.1) is 0 Å². The minimum absolute atomic E-state index is 0.0641. The van der Waals surface area contributed by atoms with Crippen molar-refractivity contribution in [2.75, 3.05) is 13.7 Å². The van der Waals surface area contributed by atoms with E-state index in [0.29, 0.717) is 18.5 Å². The van der Waals surface area contributed by atoms with Crippen molar-refractivity contribution in [3.05, 3.63) is 59.5 Å². The molecule has 0 spiro atoms. The molecule has 0 saturated heterocycles. The summed E-state index contributed by atoms with van der Waals surface area (Å²) in [7, 11) is 1.75. The Kier molecular flexibility index (Phi) is 5.19. The average Bonchev–Trinajstić information content (AvgIpc) is 3.01. The third-order valence-electron chi connectivity index (χ3n) is 2.93. The Labute approximate surface area is 124 Å². The molecule has 1 heterocycles. The van der Waals surface area contributed by atoms with Gasteiger partial charge >= 0.3 is 0 Å². The largest absolute Gasteiger partial charge is 0.472 e. The Bertz CT molecular complexity index is 650. The predicted octanol–water partition coefficient (Wildman–Crippen LogP) is 2.29. The van der Waals surface area contributed by atoms with Crippen molar-refractivity contribution in [1.82, 2.24) is 4.90 Å². The standard InChI is InChI=1S/C17H17NO3/c1-18(17(20)16-8-10-21-13-16)12-15-7-4-6-14(11-15)5-2-3-9-19/h4,6-8,10-11,13,19H,3,9,12H2,1H3. The Morgan fingerprint density at radius 3 is 2.95 bits per heavy atom. The Morgan fingerprint density at radius 1 is 1.38 bits per heavy atom. The third-order valence-corrected chi connectivity index (χ3v) is 2.93. The molecule has 4 nitrogen and oxygen atoms in total. The Hall–Kier alpha value is -2.51. The van der Waals surface area contributed by atoms with E-state index in [2.05, 4.69) is 11.8 Å². The number of aliphatic hydroxyl groups is 1. The number of carbonyl (C=O) groups is 1. The second-order valence-electron chi connectivity index (χ2n) is 4.65. The molecule has 0 bridgehead atoms. The van der Waals surface area contributed by atoms with Gasteiger partial charge in [-0.1, -0.05) is 24.0 Å². The number of nitrogens with zero attached hydrogens (tertiary/aromatic N) is 1. The molecule has 1 N–H and O–H groups in total. The van der Waals surface area contributed by atoms with Gasteiger partial charge in [-0.3, -0.25) is 4.79 Å². The first-order valence-corrected chi connectivity index (χ1v) is 6.67. The SMILES string of the molecule is CN(Cc1cccc(C#CCCO)c1)C(=O)c1ccoc1. The van der Waals surface area contributed by atoms with E-state index in [0.717, 1.165) is 11.1 Å². The first-order chi connectivity index (χ1) is 10.2. The van der Waals surface area contributed by atoms with Crippen molar-refractivity contribution in [1.29, 1.82) is 0 Å². The molecule has 1 aromatic heterocycles. The molecule has 108 valence electrons. The lowest BCUT2D eigenvalue weighted by Gasteiger charge is -2.16. The second kappa shape index (κ2) is 7.32. The van der Waals surface area contributed by atoms with Crippen LogP contribution < -0.4 is 0 Å². The van der Waals surface area contributed by atoms with Crippen LogP contribution in [0, 0.1) is 11.8 Å². The molecule has 0 fully saturated rings. The summed E-state index contributed by atoms with van der Waals surface area (Å²) in [6, 6.07) is 9.37. The summed E-state index contributed by atoms with van der Waals surface area (Å²) in [6.07, 6.45) is 3.39. The first kappa shape index (κ1) is 14.9. The zero-order chi connectivity index (χ0) is 15.1. The van der Waals surface area contributed by atoms with Gasteiger partial charge in [0.15, 0.2) is 0 Å². The van der Waals surface area contributed by atoms with Crippen LogP contribution in [0.25, 0.3) is 0 Å². The highest BCUT2D eigenvalue weighted by Crippen LogP contribution is 2.10. The first-order valence-electron chi connectivity index (χ1n) is 6.67. The highest BCUT2D eigenvalue weighted by atomic mass is 16.3. The number of aliphatic hydroxyl groups excluding tert-OH is 1. The summed E-state index contributed by atoms with van der Waals surface area (Å²) in [5.41, 5.74) is 2.42. The van der Waals surface area contributed by atoms with Crippen LogP contribution in [0.15, 0.2) is 47.3 Å². The Balaban J connectivity index is 2.04. The van der Waals surface area contributed by atoms with E-state index < -0.39 is 0 Å². The van der Waals surface area contributed by atoms with Gasteiger partial charge in [-0.2, -0.15) is 0 Å². The fourth-order valence-electron chi connectivity index (χ4n) is 1.92. The molecule has 2 rings (SSSR count). The maximum Gasteiger partial charge on any atom is 0.257 e. The van der Waals surface area contributed by atoms with Crippen LogP contribution in [0.1, 0.15) is 27.9 Å². The Morgan fingerprint density at radius 2 is 2.24 bits per heavy atom. The van der Waals surface area contributed by atoms with Gasteiger partial charge in [0.05, 0.1) is 18.4 Å². The zero-order valence-electron chi connectivity index (χ0n) is 11.9. The molecule has 0 radical (unpaired) electrons. The van der Waals surface area contributed by atoms with Crippen molar-refractivity contribution in [2.24, 2.45) is 0 Å². The van der Waals surface area contributed by atoms with E-state index >= 15 is 0 Å². The van der Waals surface area contributed by atoms with E-state index in [1.54, 1.807) is 18.0 Å². The maximum atomic E-state index is 12.1. The second-order valence-corrected chi connectivity index (χ2v) is 4.65. The molecule has 2 aromatic rings. The van der Waals surface area contributed by atoms with Gasteiger partial charge in [-0.25, -0.2) is 0 Å². The lowest BCUT2D eigenvalue weighted by atomic mass is 10.1. The van der Waals surface area contributed by atoms with Crippen LogP contribution in [0.3, 0.4) is 0 Å². The van der Waals surface area contributed by atoms with E-state index in [1.165, 1.54) is 12.5 Å². The van der Waals surface area contributed by atoms with E-state index in [9.17, 15) is 4.79 Å². The number of benzene rings is 1. The van der Waals surface area contributed by atoms with Crippen LogP contribution in [-0.4, -0.2) is 29.6 Å². The minimum atomic E-state index is -0.0829. The maximum absolute atomic E-state index is 12.1. The minimum Gasteiger partial charge on any atom is -0.472 e. The zero-order valence-corrected chi connectivity index (χ0v) is 11.9. The van der Waals surface area contributed by atoms with Crippen LogP contribution in [0.2, 0.25) is 0 Å². The van der Waals surface area contributed by atoms with E-state index in [-0.39, 0.29) is 12.5 Å². The van der Waals surface area contributed by atoms with Crippen LogP contribution in [0.5, 0.6) is 0 Å². The number of hydrogen-bond donors (Lipinski definition) is 1. The molecular weight excluding hydrogens is 266 g/mol. The summed E-state index contributed by atoms with van der Waals surface area (Å²) in [4.78, 5) is 13.7. The molecule has 1 amide bonds. The van der Waals surface area contributed by atoms with Crippen LogP contribution in [-0.2, 0) is 6.54 Å². The smallest absolute Gasteiger partial charge is 0.257 e. The topological polar surface area (TPSA) is 53.7 Å². The molecule has 0 aliphatic rings. The van der Waals surface area contributed by atoms with E-state index in [1.807, 2.05) is 24.3 Å². The van der Waals surface area contributed by atoms with Gasteiger partial charge in [-0.05, 0) is 23.8 Å². The van der Waals surface area contributed by atoms with Gasteiger partial charge in [0.2, 0.25) is 0 Å². The molecular formula is C17H17NO3. The molecule has 0 saturated carbocycles. The normalized spacial score (nSPS) is 9.81. The summed E-state index contributed by atoms with van der Waals surface area (Å²) in [6.45, 7) is 0.564. The number of rotatable bonds is 4. The lowest BCUT2D eigenvalue weighted by Crippen LogP contribution is -2.25. The van der Waals surface area contributed by atoms with Crippen molar-refractivity contribution in [3.8, 4) is 11.8 Å². The summed E-state index contributed by atoms with van der Waals surface area (Å²) >= 11 is 0. The highest BCUT2D eigenvalue weighted by molar-refractivity contribution is 5.93. The number of carbonyl (C=O) groups excluding carboxylic acids is 1. The third kappa shape index (κ3) is 4.23. The van der Waals surface area contributed by atoms with Crippen molar-refractivity contribution in [3.63, 3.8) is 0 Å². The number of hydrogen-bond acceptors (Lipinski definition) is 3.